The summed E-state index contributed by atoms with van der Waals surface area (Å²) in [6, 6.07) is 3.49. The van der Waals surface area contributed by atoms with E-state index < -0.39 is 17.5 Å². The van der Waals surface area contributed by atoms with Gasteiger partial charge in [-0.2, -0.15) is 0 Å². The first-order chi connectivity index (χ1) is 9.02. The van der Waals surface area contributed by atoms with Crippen LogP contribution >= 0.6 is 11.3 Å². The highest BCUT2D eigenvalue weighted by Gasteiger charge is 2.16. The second kappa shape index (κ2) is 5.36. The number of nitrogens with one attached hydrogen (secondary N) is 1. The molecule has 6 heteroatoms. The lowest BCUT2D eigenvalue weighted by molar-refractivity contribution is 0.102. The molecule has 0 aliphatic carbocycles. The molecule has 1 heterocycles. The average molecular weight is 282 g/mol. The zero-order valence-corrected chi connectivity index (χ0v) is 11.0. The van der Waals surface area contributed by atoms with E-state index >= 15 is 0 Å². The molecule has 2 aromatic rings. The molecule has 0 spiro atoms. The molecular formula is C13H12F2N2OS. The van der Waals surface area contributed by atoms with Crippen molar-refractivity contribution in [1.82, 2.24) is 0 Å². The number of amides is 1. The van der Waals surface area contributed by atoms with Gasteiger partial charge < -0.3 is 11.1 Å². The molecule has 3 N–H and O–H groups in total. The second-order valence-electron chi connectivity index (χ2n) is 3.93. The van der Waals surface area contributed by atoms with Crippen molar-refractivity contribution in [1.29, 1.82) is 0 Å². The van der Waals surface area contributed by atoms with Crippen molar-refractivity contribution < 1.29 is 13.6 Å². The quantitative estimate of drug-likeness (QED) is 0.847. The SMILES string of the molecule is CCc1ccsc1C(=O)Nc1c(N)cc(F)cc1F. The van der Waals surface area contributed by atoms with Crippen LogP contribution in [0.25, 0.3) is 0 Å². The Bertz CT molecular complexity index is 602. The average Bonchev–Trinajstić information content (AvgIpc) is 2.81. The molecular weight excluding hydrogens is 270 g/mol. The van der Waals surface area contributed by atoms with Crippen LogP contribution < -0.4 is 11.1 Å². The predicted octanol–water partition coefficient (Wildman–Crippen LogP) is 3.42. The number of aryl methyl sites for hydroxylation is 1. The largest absolute Gasteiger partial charge is 0.397 e. The third-order valence-corrected chi connectivity index (χ3v) is 3.61. The van der Waals surface area contributed by atoms with Crippen molar-refractivity contribution in [2.75, 3.05) is 11.1 Å². The maximum atomic E-state index is 13.6. The first-order valence-electron chi connectivity index (χ1n) is 5.65. The zero-order valence-electron chi connectivity index (χ0n) is 10.2. The topological polar surface area (TPSA) is 55.1 Å². The van der Waals surface area contributed by atoms with Crippen LogP contribution in [0.1, 0.15) is 22.2 Å². The number of nitrogen functional groups attached to an aromatic ring is 1. The van der Waals surface area contributed by atoms with Crippen LogP contribution in [0.5, 0.6) is 0 Å². The van der Waals surface area contributed by atoms with Crippen LogP contribution in [0.15, 0.2) is 23.6 Å². The molecule has 0 aliphatic rings. The van der Waals surface area contributed by atoms with E-state index in [0.29, 0.717) is 17.4 Å². The Kier molecular flexibility index (Phi) is 3.80. The highest BCUT2D eigenvalue weighted by molar-refractivity contribution is 7.12. The number of anilines is 2. The van der Waals surface area contributed by atoms with E-state index in [1.54, 1.807) is 5.38 Å². The number of carbonyl (C=O) groups is 1. The van der Waals surface area contributed by atoms with Crippen LogP contribution in [-0.2, 0) is 6.42 Å². The second-order valence-corrected chi connectivity index (χ2v) is 4.85. The molecule has 0 bridgehead atoms. The standard InChI is InChI=1S/C13H12F2N2OS/c1-2-7-3-4-19-12(7)13(18)17-11-9(15)5-8(14)6-10(11)16/h3-6H,2,16H2,1H3,(H,17,18). The van der Waals surface area contributed by atoms with Crippen molar-refractivity contribution in [2.45, 2.75) is 13.3 Å². The van der Waals surface area contributed by atoms with Gasteiger partial charge in [-0.05, 0) is 29.5 Å². The highest BCUT2D eigenvalue weighted by atomic mass is 32.1. The Hall–Kier alpha value is -1.95. The molecule has 0 saturated heterocycles. The fourth-order valence-electron chi connectivity index (χ4n) is 1.71. The number of thiophene rings is 1. The van der Waals surface area contributed by atoms with Gasteiger partial charge in [0.25, 0.3) is 5.91 Å². The number of nitrogens with two attached hydrogens (primary N) is 1. The molecule has 0 saturated carbocycles. The van der Waals surface area contributed by atoms with Gasteiger partial charge in [-0.15, -0.1) is 11.3 Å². The molecule has 0 aliphatic heterocycles. The summed E-state index contributed by atoms with van der Waals surface area (Å²) in [5, 5.41) is 4.18. The lowest BCUT2D eigenvalue weighted by Gasteiger charge is -2.09. The minimum atomic E-state index is -0.888. The monoisotopic (exact) mass is 282 g/mol. The van der Waals surface area contributed by atoms with Gasteiger partial charge in [0, 0.05) is 6.07 Å². The normalized spacial score (nSPS) is 10.5. The van der Waals surface area contributed by atoms with Crippen LogP contribution in [0.2, 0.25) is 0 Å². The molecule has 2 rings (SSSR count). The molecule has 100 valence electrons. The minimum absolute atomic E-state index is 0.138. The van der Waals surface area contributed by atoms with Crippen molar-refractivity contribution >= 4 is 28.6 Å². The van der Waals surface area contributed by atoms with Crippen molar-refractivity contribution in [3.05, 3.63) is 45.7 Å². The van der Waals surface area contributed by atoms with E-state index in [0.717, 1.165) is 11.6 Å². The van der Waals surface area contributed by atoms with Gasteiger partial charge in [-0.25, -0.2) is 8.78 Å². The summed E-state index contributed by atoms with van der Waals surface area (Å²) in [4.78, 5) is 12.5. The Morgan fingerprint density at radius 3 is 2.79 bits per heavy atom. The Balaban J connectivity index is 2.29. The predicted molar refractivity (Wildman–Crippen MR) is 72.4 cm³/mol. The van der Waals surface area contributed by atoms with Crippen molar-refractivity contribution in [2.24, 2.45) is 0 Å². The Morgan fingerprint density at radius 2 is 2.16 bits per heavy atom. The molecule has 1 aromatic heterocycles. The van der Waals surface area contributed by atoms with Gasteiger partial charge in [0.15, 0.2) is 5.82 Å². The Morgan fingerprint density at radius 1 is 1.42 bits per heavy atom. The summed E-state index contributed by atoms with van der Waals surface area (Å²) < 4.78 is 26.5. The van der Waals surface area contributed by atoms with Gasteiger partial charge in [-0.1, -0.05) is 6.92 Å². The number of halogens is 2. The molecule has 3 nitrogen and oxygen atoms in total. The van der Waals surface area contributed by atoms with Crippen LogP contribution in [0.4, 0.5) is 20.2 Å². The van der Waals surface area contributed by atoms with Gasteiger partial charge in [0.05, 0.1) is 10.6 Å². The van der Waals surface area contributed by atoms with Crippen LogP contribution in [0.3, 0.4) is 0 Å². The van der Waals surface area contributed by atoms with E-state index in [1.165, 1.54) is 11.3 Å². The van der Waals surface area contributed by atoms with Crippen LogP contribution in [-0.4, -0.2) is 5.91 Å². The smallest absolute Gasteiger partial charge is 0.266 e. The third-order valence-electron chi connectivity index (χ3n) is 2.66. The lowest BCUT2D eigenvalue weighted by atomic mass is 10.2. The highest BCUT2D eigenvalue weighted by Crippen LogP contribution is 2.26. The summed E-state index contributed by atoms with van der Waals surface area (Å²) >= 11 is 1.27. The molecule has 1 amide bonds. The fourth-order valence-corrected chi connectivity index (χ4v) is 2.60. The number of hydrogen-bond acceptors (Lipinski definition) is 3. The molecule has 0 fully saturated rings. The summed E-state index contributed by atoms with van der Waals surface area (Å²) in [6.45, 7) is 1.92. The first kappa shape index (κ1) is 13.5. The maximum Gasteiger partial charge on any atom is 0.266 e. The molecule has 19 heavy (non-hydrogen) atoms. The van der Waals surface area contributed by atoms with E-state index in [4.69, 9.17) is 5.73 Å². The number of hydrogen-bond donors (Lipinski definition) is 2. The van der Waals surface area contributed by atoms with E-state index in [9.17, 15) is 13.6 Å². The lowest BCUT2D eigenvalue weighted by Crippen LogP contribution is -2.14. The number of rotatable bonds is 3. The third kappa shape index (κ3) is 2.73. The van der Waals surface area contributed by atoms with E-state index in [1.807, 2.05) is 13.0 Å². The molecule has 0 radical (unpaired) electrons. The van der Waals surface area contributed by atoms with E-state index in [-0.39, 0.29) is 11.4 Å². The first-order valence-corrected chi connectivity index (χ1v) is 6.53. The summed E-state index contributed by atoms with van der Waals surface area (Å²) in [7, 11) is 0. The van der Waals surface area contributed by atoms with Crippen molar-refractivity contribution in [3.8, 4) is 0 Å². The van der Waals surface area contributed by atoms with Crippen LogP contribution in [0, 0.1) is 11.6 Å². The fraction of sp³-hybridized carbons (Fsp3) is 0.154. The molecule has 0 atom stereocenters. The zero-order chi connectivity index (χ0) is 14.0. The van der Waals surface area contributed by atoms with Gasteiger partial charge in [-0.3, -0.25) is 4.79 Å². The number of benzene rings is 1. The molecule has 0 unspecified atom stereocenters. The van der Waals surface area contributed by atoms with Crippen molar-refractivity contribution in [3.63, 3.8) is 0 Å². The number of carbonyl (C=O) groups excluding carboxylic acids is 1. The minimum Gasteiger partial charge on any atom is -0.397 e. The molecule has 1 aromatic carbocycles. The van der Waals surface area contributed by atoms with Gasteiger partial charge >= 0.3 is 0 Å². The maximum absolute atomic E-state index is 13.6. The van der Waals surface area contributed by atoms with E-state index in [2.05, 4.69) is 5.32 Å². The summed E-state index contributed by atoms with van der Waals surface area (Å²) in [5.74, 6) is -2.11. The van der Waals surface area contributed by atoms with Gasteiger partial charge in [0.1, 0.15) is 11.5 Å². The van der Waals surface area contributed by atoms with Gasteiger partial charge in [0.2, 0.25) is 0 Å². The Labute approximate surface area is 113 Å². The summed E-state index contributed by atoms with van der Waals surface area (Å²) in [6.07, 6.45) is 0.702. The summed E-state index contributed by atoms with van der Waals surface area (Å²) in [5.41, 5.74) is 6.05.